The summed E-state index contributed by atoms with van der Waals surface area (Å²) in [4.78, 5) is 11.9. The highest BCUT2D eigenvalue weighted by atomic mass is 19.4. The molecule has 3 N–H and O–H groups in total. The molecule has 0 aromatic heterocycles. The first-order valence-corrected chi connectivity index (χ1v) is 6.51. The lowest BCUT2D eigenvalue weighted by Gasteiger charge is -2.13. The van der Waals surface area contributed by atoms with Crippen molar-refractivity contribution in [1.29, 1.82) is 0 Å². The molecule has 0 radical (unpaired) electrons. The van der Waals surface area contributed by atoms with Crippen LogP contribution in [0.4, 0.5) is 13.2 Å². The fourth-order valence-electron chi connectivity index (χ4n) is 1.61. The molecular formula is C13H17BF3NO3. The molecule has 8 heteroatoms. The SMILES string of the molecule is CCC(C)CNC(=O)c1cc(B(O)O)cc(C(F)(F)F)c1. The van der Waals surface area contributed by atoms with Crippen LogP contribution >= 0.6 is 0 Å². The number of benzene rings is 1. The number of alkyl halides is 3. The quantitative estimate of drug-likeness (QED) is 0.715. The number of carbonyl (C=O) groups excluding carboxylic acids is 1. The number of carbonyl (C=O) groups is 1. The Hall–Kier alpha value is -1.54. The molecule has 0 fully saturated rings. The number of rotatable bonds is 5. The molecule has 0 spiro atoms. The van der Waals surface area contributed by atoms with Crippen molar-refractivity contribution in [2.75, 3.05) is 6.54 Å². The van der Waals surface area contributed by atoms with E-state index >= 15 is 0 Å². The molecule has 1 aromatic rings. The van der Waals surface area contributed by atoms with E-state index in [1.807, 2.05) is 13.8 Å². The molecule has 1 unspecified atom stereocenters. The van der Waals surface area contributed by atoms with Crippen molar-refractivity contribution in [3.05, 3.63) is 29.3 Å². The van der Waals surface area contributed by atoms with Gasteiger partial charge in [-0.05, 0) is 23.5 Å². The minimum Gasteiger partial charge on any atom is -0.423 e. The molecule has 0 bridgehead atoms. The standard InChI is InChI=1S/C13H17BF3NO3/c1-3-8(2)7-18-12(19)9-4-10(13(15,16)17)6-11(5-9)14(20)21/h4-6,8,20-21H,3,7H2,1-2H3,(H,18,19). The average Bonchev–Trinajstić information content (AvgIpc) is 2.42. The largest absolute Gasteiger partial charge is 0.488 e. The van der Waals surface area contributed by atoms with Crippen LogP contribution in [0, 0.1) is 5.92 Å². The van der Waals surface area contributed by atoms with Crippen molar-refractivity contribution >= 4 is 18.5 Å². The third kappa shape index (κ3) is 5.06. The fraction of sp³-hybridized carbons (Fsp3) is 0.462. The maximum atomic E-state index is 12.7. The molecule has 0 heterocycles. The van der Waals surface area contributed by atoms with Gasteiger partial charge >= 0.3 is 13.3 Å². The van der Waals surface area contributed by atoms with E-state index in [4.69, 9.17) is 10.0 Å². The lowest BCUT2D eigenvalue weighted by Crippen LogP contribution is -2.34. The fourth-order valence-corrected chi connectivity index (χ4v) is 1.61. The number of nitrogens with one attached hydrogen (secondary N) is 1. The Morgan fingerprint density at radius 2 is 1.95 bits per heavy atom. The normalized spacial score (nSPS) is 12.9. The van der Waals surface area contributed by atoms with E-state index in [0.717, 1.165) is 12.5 Å². The van der Waals surface area contributed by atoms with Gasteiger partial charge in [-0.25, -0.2) is 0 Å². The van der Waals surface area contributed by atoms with Crippen LogP contribution in [0.25, 0.3) is 0 Å². The highest BCUT2D eigenvalue weighted by Crippen LogP contribution is 2.29. The van der Waals surface area contributed by atoms with E-state index in [0.29, 0.717) is 18.7 Å². The molecule has 1 amide bonds. The number of halogens is 3. The van der Waals surface area contributed by atoms with Gasteiger partial charge in [0, 0.05) is 12.1 Å². The van der Waals surface area contributed by atoms with Crippen molar-refractivity contribution in [3.8, 4) is 0 Å². The molecule has 0 saturated carbocycles. The summed E-state index contributed by atoms with van der Waals surface area (Å²) in [7, 11) is -2.08. The van der Waals surface area contributed by atoms with Gasteiger partial charge in [-0.3, -0.25) is 4.79 Å². The Morgan fingerprint density at radius 1 is 1.33 bits per heavy atom. The minimum absolute atomic E-state index is 0.197. The zero-order valence-electron chi connectivity index (χ0n) is 11.7. The van der Waals surface area contributed by atoms with E-state index < -0.39 is 24.8 Å². The predicted molar refractivity (Wildman–Crippen MR) is 73.1 cm³/mol. The van der Waals surface area contributed by atoms with Crippen molar-refractivity contribution < 1.29 is 28.0 Å². The zero-order chi connectivity index (χ0) is 16.2. The van der Waals surface area contributed by atoms with Crippen LogP contribution in [-0.2, 0) is 6.18 Å². The third-order valence-corrected chi connectivity index (χ3v) is 3.15. The second kappa shape index (κ2) is 6.95. The van der Waals surface area contributed by atoms with Gasteiger partial charge in [0.05, 0.1) is 5.56 Å². The van der Waals surface area contributed by atoms with Crippen molar-refractivity contribution in [2.45, 2.75) is 26.4 Å². The smallest absolute Gasteiger partial charge is 0.423 e. The Labute approximate surface area is 121 Å². The molecule has 1 aromatic carbocycles. The Bertz CT molecular complexity index is 506. The molecular weight excluding hydrogens is 286 g/mol. The summed E-state index contributed by atoms with van der Waals surface area (Å²) in [6, 6.07) is 2.33. The van der Waals surface area contributed by atoms with Gasteiger partial charge in [0.15, 0.2) is 0 Å². The van der Waals surface area contributed by atoms with E-state index in [9.17, 15) is 18.0 Å². The number of hydrogen-bond acceptors (Lipinski definition) is 3. The summed E-state index contributed by atoms with van der Waals surface area (Å²) in [6.45, 7) is 4.17. The first-order valence-electron chi connectivity index (χ1n) is 6.51. The van der Waals surface area contributed by atoms with Crippen LogP contribution in [-0.4, -0.2) is 29.6 Å². The lowest BCUT2D eigenvalue weighted by molar-refractivity contribution is -0.137. The zero-order valence-corrected chi connectivity index (χ0v) is 11.7. The second-order valence-electron chi connectivity index (χ2n) is 4.94. The molecule has 0 aliphatic carbocycles. The summed E-state index contributed by atoms with van der Waals surface area (Å²) < 4.78 is 38.2. The second-order valence-corrected chi connectivity index (χ2v) is 4.94. The van der Waals surface area contributed by atoms with E-state index in [-0.39, 0.29) is 16.9 Å². The van der Waals surface area contributed by atoms with Crippen molar-refractivity contribution in [3.63, 3.8) is 0 Å². The van der Waals surface area contributed by atoms with E-state index in [1.165, 1.54) is 0 Å². The summed E-state index contributed by atoms with van der Waals surface area (Å²) in [5, 5.41) is 20.6. The predicted octanol–water partition coefficient (Wildman–Crippen LogP) is 1.16. The van der Waals surface area contributed by atoms with Crippen LogP contribution in [0.15, 0.2) is 18.2 Å². The maximum Gasteiger partial charge on any atom is 0.488 e. The van der Waals surface area contributed by atoms with Gasteiger partial charge in [-0.15, -0.1) is 0 Å². The van der Waals surface area contributed by atoms with Crippen LogP contribution in [0.3, 0.4) is 0 Å². The average molecular weight is 303 g/mol. The van der Waals surface area contributed by atoms with Gasteiger partial charge in [0.1, 0.15) is 0 Å². The highest BCUT2D eigenvalue weighted by molar-refractivity contribution is 6.58. The summed E-state index contributed by atoms with van der Waals surface area (Å²) in [6.07, 6.45) is -3.85. The van der Waals surface area contributed by atoms with Crippen molar-refractivity contribution in [2.24, 2.45) is 5.92 Å². The van der Waals surface area contributed by atoms with Gasteiger partial charge in [0.25, 0.3) is 5.91 Å². The van der Waals surface area contributed by atoms with Crippen molar-refractivity contribution in [1.82, 2.24) is 5.32 Å². The first kappa shape index (κ1) is 17.5. The van der Waals surface area contributed by atoms with Crippen LogP contribution < -0.4 is 10.8 Å². The summed E-state index contributed by atoms with van der Waals surface area (Å²) in [5.74, 6) is -0.481. The number of hydrogen-bond donors (Lipinski definition) is 3. The minimum atomic E-state index is -4.67. The molecule has 0 aliphatic rings. The van der Waals surface area contributed by atoms with Gasteiger partial charge in [-0.2, -0.15) is 13.2 Å². The van der Waals surface area contributed by atoms with Crippen LogP contribution in [0.5, 0.6) is 0 Å². The Balaban J connectivity index is 3.05. The van der Waals surface area contributed by atoms with Crippen LogP contribution in [0.2, 0.25) is 0 Å². The third-order valence-electron chi connectivity index (χ3n) is 3.15. The van der Waals surface area contributed by atoms with Crippen LogP contribution in [0.1, 0.15) is 36.2 Å². The summed E-state index contributed by atoms with van der Waals surface area (Å²) >= 11 is 0. The molecule has 116 valence electrons. The molecule has 1 atom stereocenters. The highest BCUT2D eigenvalue weighted by Gasteiger charge is 2.32. The summed E-state index contributed by atoms with van der Waals surface area (Å²) in [5.41, 5.74) is -1.73. The maximum absolute atomic E-state index is 12.7. The number of amides is 1. The molecule has 0 saturated heterocycles. The molecule has 21 heavy (non-hydrogen) atoms. The van der Waals surface area contributed by atoms with Gasteiger partial charge in [0.2, 0.25) is 0 Å². The first-order chi connectivity index (χ1) is 9.65. The lowest BCUT2D eigenvalue weighted by atomic mass is 9.78. The monoisotopic (exact) mass is 303 g/mol. The Morgan fingerprint density at radius 3 is 2.43 bits per heavy atom. The molecule has 4 nitrogen and oxygen atoms in total. The molecule has 0 aliphatic heterocycles. The topological polar surface area (TPSA) is 69.6 Å². The molecule has 1 rings (SSSR count). The van der Waals surface area contributed by atoms with Gasteiger partial charge in [-0.1, -0.05) is 26.3 Å². The van der Waals surface area contributed by atoms with Gasteiger partial charge < -0.3 is 15.4 Å². The van der Waals surface area contributed by atoms with E-state index in [2.05, 4.69) is 5.32 Å². The Kier molecular flexibility index (Phi) is 5.80. The van der Waals surface area contributed by atoms with E-state index in [1.54, 1.807) is 0 Å².